The van der Waals surface area contributed by atoms with Gasteiger partial charge in [0.15, 0.2) is 0 Å². The first-order valence-corrected chi connectivity index (χ1v) is 14.8. The zero-order chi connectivity index (χ0) is 29.6. The lowest BCUT2D eigenvalue weighted by Crippen LogP contribution is -2.45. The fourth-order valence-corrected chi connectivity index (χ4v) is 6.78. The molecule has 0 atom stereocenters. The summed E-state index contributed by atoms with van der Waals surface area (Å²) in [6.07, 6.45) is -4.45. The van der Waals surface area contributed by atoms with Gasteiger partial charge in [0.05, 0.1) is 5.56 Å². The second-order valence-corrected chi connectivity index (χ2v) is 10.8. The van der Waals surface area contributed by atoms with Crippen LogP contribution in [0.2, 0.25) is 0 Å². The second-order valence-electron chi connectivity index (χ2n) is 10.8. The number of nitrogens with zero attached hydrogens (tertiary/aromatic N) is 3. The van der Waals surface area contributed by atoms with Crippen molar-refractivity contribution in [3.05, 3.63) is 113 Å². The molecule has 2 aliphatic heterocycles. The number of alkyl halides is 3. The highest BCUT2D eigenvalue weighted by Gasteiger charge is 2.53. The smallest absolute Gasteiger partial charge is 0.416 e. The van der Waals surface area contributed by atoms with Gasteiger partial charge in [-0.15, -0.1) is 0 Å². The van der Waals surface area contributed by atoms with Crippen molar-refractivity contribution in [2.45, 2.75) is 46.0 Å². The number of anilines is 3. The molecule has 0 amide bonds. The van der Waals surface area contributed by atoms with Crippen LogP contribution >= 0.6 is 0 Å². The molecular formula is C35H36F3N3O. The van der Waals surface area contributed by atoms with Crippen LogP contribution in [0.15, 0.2) is 84.9 Å². The summed E-state index contributed by atoms with van der Waals surface area (Å²) in [5.74, 6) is 1.44. The Morgan fingerprint density at radius 2 is 1.26 bits per heavy atom. The molecule has 7 heteroatoms. The molecule has 1 spiro atoms. The van der Waals surface area contributed by atoms with Gasteiger partial charge in [0.25, 0.3) is 0 Å². The molecule has 0 unspecified atom stereocenters. The van der Waals surface area contributed by atoms with E-state index >= 15 is 0 Å². The molecule has 6 rings (SSSR count). The van der Waals surface area contributed by atoms with Crippen molar-refractivity contribution in [3.63, 3.8) is 0 Å². The normalized spacial score (nSPS) is 14.7. The average molecular weight is 572 g/mol. The minimum absolute atomic E-state index is 0.464. The molecule has 0 saturated carbocycles. The first-order chi connectivity index (χ1) is 20.3. The molecule has 0 N–H and O–H groups in total. The van der Waals surface area contributed by atoms with Crippen molar-refractivity contribution in [2.75, 3.05) is 40.9 Å². The van der Waals surface area contributed by atoms with Gasteiger partial charge in [0, 0.05) is 73.0 Å². The lowest BCUT2D eigenvalue weighted by atomic mass is 9.74. The first-order valence-electron chi connectivity index (χ1n) is 14.8. The lowest BCUT2D eigenvalue weighted by molar-refractivity contribution is -0.137. The van der Waals surface area contributed by atoms with Crippen LogP contribution in [0, 0.1) is 0 Å². The van der Waals surface area contributed by atoms with Crippen molar-refractivity contribution < 1.29 is 17.9 Å². The third-order valence-corrected chi connectivity index (χ3v) is 8.81. The third-order valence-electron chi connectivity index (χ3n) is 8.81. The Labute approximate surface area is 245 Å². The highest BCUT2D eigenvalue weighted by Crippen LogP contribution is 2.59. The van der Waals surface area contributed by atoms with E-state index in [1.807, 2.05) is 12.1 Å². The van der Waals surface area contributed by atoms with E-state index in [1.165, 1.54) is 12.1 Å². The standard InChI is InChI=1S/C35H36F3N3O/c1-5-39(6-2)26-16-18-30-32(21-26)42-33-22-27(40(7-3)8-4)17-19-31(33)34(30)29-15-10-9-12-24(29)23-41(34)28-14-11-13-25(20-28)35(36,37)38/h9-22H,5-8,23H2,1-4H3. The summed E-state index contributed by atoms with van der Waals surface area (Å²) in [4.78, 5) is 6.66. The van der Waals surface area contributed by atoms with E-state index in [0.717, 1.165) is 77.4 Å². The Morgan fingerprint density at radius 1 is 0.690 bits per heavy atom. The van der Waals surface area contributed by atoms with Gasteiger partial charge in [-0.05, 0) is 69.2 Å². The Kier molecular flexibility index (Phi) is 7.08. The predicted molar refractivity (Wildman–Crippen MR) is 164 cm³/mol. The summed E-state index contributed by atoms with van der Waals surface area (Å²) in [5.41, 5.74) is 5.05. The van der Waals surface area contributed by atoms with E-state index in [0.29, 0.717) is 12.2 Å². The van der Waals surface area contributed by atoms with Crippen molar-refractivity contribution in [3.8, 4) is 11.5 Å². The van der Waals surface area contributed by atoms with Gasteiger partial charge < -0.3 is 19.4 Å². The zero-order valence-corrected chi connectivity index (χ0v) is 24.5. The van der Waals surface area contributed by atoms with Crippen LogP contribution in [-0.4, -0.2) is 26.2 Å². The molecule has 0 radical (unpaired) electrons. The monoisotopic (exact) mass is 571 g/mol. The van der Waals surface area contributed by atoms with Gasteiger partial charge in [-0.3, -0.25) is 0 Å². The Bertz CT molecular complexity index is 1550. The van der Waals surface area contributed by atoms with E-state index in [-0.39, 0.29) is 0 Å². The van der Waals surface area contributed by atoms with Crippen LogP contribution in [0.4, 0.5) is 30.2 Å². The van der Waals surface area contributed by atoms with Crippen LogP contribution in [0.5, 0.6) is 11.5 Å². The zero-order valence-electron chi connectivity index (χ0n) is 24.5. The maximum atomic E-state index is 14.0. The summed E-state index contributed by atoms with van der Waals surface area (Å²) in [7, 11) is 0. The van der Waals surface area contributed by atoms with E-state index in [4.69, 9.17) is 4.74 Å². The van der Waals surface area contributed by atoms with Crippen LogP contribution in [0.3, 0.4) is 0 Å². The lowest BCUT2D eigenvalue weighted by Gasteiger charge is -2.46. The maximum Gasteiger partial charge on any atom is 0.416 e. The van der Waals surface area contributed by atoms with Gasteiger partial charge in [0.1, 0.15) is 17.0 Å². The van der Waals surface area contributed by atoms with Gasteiger partial charge in [-0.25, -0.2) is 0 Å². The van der Waals surface area contributed by atoms with E-state index in [2.05, 4.69) is 90.9 Å². The van der Waals surface area contributed by atoms with Crippen molar-refractivity contribution in [1.82, 2.24) is 0 Å². The molecule has 0 aromatic heterocycles. The second kappa shape index (κ2) is 10.6. The molecule has 4 aromatic rings. The number of hydrogen-bond donors (Lipinski definition) is 0. The molecule has 0 aliphatic carbocycles. The number of benzene rings is 4. The van der Waals surface area contributed by atoms with E-state index in [9.17, 15) is 13.2 Å². The molecule has 2 heterocycles. The van der Waals surface area contributed by atoms with Crippen LogP contribution in [-0.2, 0) is 18.3 Å². The molecule has 42 heavy (non-hydrogen) atoms. The summed E-state index contributed by atoms with van der Waals surface area (Å²) < 4.78 is 48.6. The summed E-state index contributed by atoms with van der Waals surface area (Å²) in [5, 5.41) is 0. The molecule has 2 aliphatic rings. The number of hydrogen-bond acceptors (Lipinski definition) is 4. The average Bonchev–Trinajstić information content (AvgIpc) is 3.33. The first kappa shape index (κ1) is 28.0. The highest BCUT2D eigenvalue weighted by molar-refractivity contribution is 5.76. The van der Waals surface area contributed by atoms with Crippen LogP contribution in [0.25, 0.3) is 0 Å². The number of rotatable bonds is 7. The fraction of sp³-hybridized carbons (Fsp3) is 0.314. The van der Waals surface area contributed by atoms with Crippen LogP contribution in [0.1, 0.15) is 55.5 Å². The topological polar surface area (TPSA) is 19.0 Å². The van der Waals surface area contributed by atoms with Gasteiger partial charge in [-0.1, -0.05) is 42.5 Å². The highest BCUT2D eigenvalue weighted by atomic mass is 19.4. The molecule has 4 aromatic carbocycles. The quantitative estimate of drug-likeness (QED) is 0.221. The van der Waals surface area contributed by atoms with Gasteiger partial charge in [0.2, 0.25) is 0 Å². The number of fused-ring (bicyclic) bond motifs is 6. The van der Waals surface area contributed by atoms with Gasteiger partial charge >= 0.3 is 6.18 Å². The summed E-state index contributed by atoms with van der Waals surface area (Å²) >= 11 is 0. The predicted octanol–water partition coefficient (Wildman–Crippen LogP) is 8.82. The van der Waals surface area contributed by atoms with Crippen molar-refractivity contribution >= 4 is 17.1 Å². The number of halogens is 3. The summed E-state index contributed by atoms with van der Waals surface area (Å²) in [6.45, 7) is 12.4. The Hall–Kier alpha value is -4.13. The maximum absolute atomic E-state index is 14.0. The molecule has 0 bridgehead atoms. The fourth-order valence-electron chi connectivity index (χ4n) is 6.78. The molecule has 4 nitrogen and oxygen atoms in total. The van der Waals surface area contributed by atoms with Crippen molar-refractivity contribution in [2.24, 2.45) is 0 Å². The Balaban J connectivity index is 1.66. The molecule has 0 saturated heterocycles. The van der Waals surface area contributed by atoms with E-state index in [1.54, 1.807) is 6.07 Å². The minimum Gasteiger partial charge on any atom is -0.456 e. The molecule has 0 fully saturated rings. The Morgan fingerprint density at radius 3 is 1.81 bits per heavy atom. The minimum atomic E-state index is -4.45. The molecule has 218 valence electrons. The van der Waals surface area contributed by atoms with E-state index < -0.39 is 17.3 Å². The largest absolute Gasteiger partial charge is 0.456 e. The number of ether oxygens (including phenoxy) is 1. The van der Waals surface area contributed by atoms with Crippen molar-refractivity contribution in [1.29, 1.82) is 0 Å². The summed E-state index contributed by atoms with van der Waals surface area (Å²) in [6, 6.07) is 26.5. The molecular weight excluding hydrogens is 535 g/mol. The SMILES string of the molecule is CCN(CC)c1ccc2c(c1)Oc1cc(N(CC)CC)ccc1C21c2ccccc2CN1c1cccc(C(F)(F)F)c1. The van der Waals surface area contributed by atoms with Gasteiger partial charge in [-0.2, -0.15) is 13.2 Å². The third kappa shape index (κ3) is 4.29. The van der Waals surface area contributed by atoms with Crippen LogP contribution < -0.4 is 19.4 Å².